The highest BCUT2D eigenvalue weighted by Crippen LogP contribution is 2.26. The van der Waals surface area contributed by atoms with E-state index in [-0.39, 0.29) is 104 Å². The van der Waals surface area contributed by atoms with Crippen molar-refractivity contribution in [3.8, 4) is 0 Å². The van der Waals surface area contributed by atoms with Gasteiger partial charge in [0, 0.05) is 44.1 Å². The molecule has 0 aliphatic carbocycles. The number of carbonyl (C=O) groups is 8. The number of nitrogens with one attached hydrogen (secondary N) is 2. The standard InChI is InChI=1S/C36H59N3O9/c1-9-24(6)28(36(47)37-19-25(7)40)18-33(44)29(17-22(2)3)38-34(45)15-14-31(42)27(23(4)5)12-13-32(43)30-11-10-16-39(30)35(46)21-48-20-26(8)41/h22-24,27-30H,9-21H2,1-8H3,(H,37,47)(H,38,45). The van der Waals surface area contributed by atoms with Crippen LogP contribution in [0, 0.1) is 29.6 Å². The van der Waals surface area contributed by atoms with Crippen LogP contribution < -0.4 is 10.6 Å². The number of amides is 3. The lowest BCUT2D eigenvalue weighted by Crippen LogP contribution is -2.45. The maximum atomic E-state index is 13.4. The summed E-state index contributed by atoms with van der Waals surface area (Å²) in [5, 5.41) is 5.41. The summed E-state index contributed by atoms with van der Waals surface area (Å²) in [6, 6.07) is -1.40. The monoisotopic (exact) mass is 677 g/mol. The molecule has 48 heavy (non-hydrogen) atoms. The molecule has 1 saturated heterocycles. The normalized spacial score (nSPS) is 17.0. The number of Topliss-reactive ketones (excluding diaryl/α,β-unsaturated/α-hetero) is 5. The summed E-state index contributed by atoms with van der Waals surface area (Å²) in [5.41, 5.74) is 0. The van der Waals surface area contributed by atoms with Gasteiger partial charge in [-0.3, -0.25) is 38.4 Å². The molecule has 1 heterocycles. The lowest BCUT2D eigenvalue weighted by atomic mass is 9.83. The van der Waals surface area contributed by atoms with Crippen molar-refractivity contribution in [3.63, 3.8) is 0 Å². The quantitative estimate of drug-likeness (QED) is 0.155. The van der Waals surface area contributed by atoms with E-state index < -0.39 is 29.8 Å². The molecule has 5 unspecified atom stereocenters. The Kier molecular flexibility index (Phi) is 19.3. The molecule has 272 valence electrons. The molecule has 0 saturated carbocycles. The van der Waals surface area contributed by atoms with Gasteiger partial charge in [0.2, 0.25) is 17.7 Å². The Morgan fingerprint density at radius 3 is 2.06 bits per heavy atom. The number of carbonyl (C=O) groups excluding carboxylic acids is 8. The highest BCUT2D eigenvalue weighted by atomic mass is 16.5. The highest BCUT2D eigenvalue weighted by molar-refractivity contribution is 5.94. The number of rotatable bonds is 24. The van der Waals surface area contributed by atoms with Gasteiger partial charge in [0.1, 0.15) is 24.8 Å². The maximum Gasteiger partial charge on any atom is 0.249 e. The summed E-state index contributed by atoms with van der Waals surface area (Å²) in [7, 11) is 0. The van der Waals surface area contributed by atoms with Crippen molar-refractivity contribution in [2.24, 2.45) is 29.6 Å². The molecule has 2 N–H and O–H groups in total. The third kappa shape index (κ3) is 15.3. The molecule has 12 nitrogen and oxygen atoms in total. The second kappa shape index (κ2) is 21.6. The van der Waals surface area contributed by atoms with Crippen molar-refractivity contribution in [1.82, 2.24) is 15.5 Å². The molecule has 5 atom stereocenters. The second-order valence-electron chi connectivity index (χ2n) is 14.1. The maximum absolute atomic E-state index is 13.4. The molecule has 0 aromatic heterocycles. The van der Waals surface area contributed by atoms with Crippen LogP contribution in [0.3, 0.4) is 0 Å². The van der Waals surface area contributed by atoms with Gasteiger partial charge in [-0.1, -0.05) is 48.0 Å². The van der Waals surface area contributed by atoms with E-state index in [1.165, 1.54) is 18.7 Å². The molecule has 0 aromatic rings. The molecular weight excluding hydrogens is 618 g/mol. The fourth-order valence-corrected chi connectivity index (χ4v) is 6.06. The molecule has 1 aliphatic heterocycles. The number of likely N-dealkylation sites (tertiary alicyclic amines) is 1. The molecule has 0 spiro atoms. The third-order valence-electron chi connectivity index (χ3n) is 9.03. The first-order valence-electron chi connectivity index (χ1n) is 17.5. The minimum atomic E-state index is -0.816. The van der Waals surface area contributed by atoms with Crippen molar-refractivity contribution >= 4 is 46.6 Å². The number of ketones is 5. The molecule has 3 amide bonds. The van der Waals surface area contributed by atoms with E-state index in [1.807, 2.05) is 41.5 Å². The van der Waals surface area contributed by atoms with Gasteiger partial charge in [-0.25, -0.2) is 0 Å². The van der Waals surface area contributed by atoms with E-state index in [1.54, 1.807) is 0 Å². The zero-order valence-electron chi connectivity index (χ0n) is 30.4. The number of nitrogens with zero attached hydrogens (tertiary/aromatic N) is 1. The number of ether oxygens (including phenoxy) is 1. The van der Waals surface area contributed by atoms with Crippen LogP contribution in [0.15, 0.2) is 0 Å². The van der Waals surface area contributed by atoms with Crippen molar-refractivity contribution < 1.29 is 43.1 Å². The SMILES string of the molecule is CCC(C)C(CC(=O)C(CC(C)C)NC(=O)CCC(=O)C(CCC(=O)C1CCCN1C(=O)COCC(C)=O)C(C)C)C(=O)NCC(C)=O. The van der Waals surface area contributed by atoms with Gasteiger partial charge in [-0.05, 0) is 57.3 Å². The summed E-state index contributed by atoms with van der Waals surface area (Å²) < 4.78 is 5.14. The van der Waals surface area contributed by atoms with Gasteiger partial charge in [0.05, 0.1) is 18.6 Å². The Hall–Kier alpha value is -3.28. The predicted molar refractivity (Wildman–Crippen MR) is 181 cm³/mol. The molecule has 1 aliphatic rings. The van der Waals surface area contributed by atoms with E-state index in [0.717, 1.165) is 0 Å². The second-order valence-corrected chi connectivity index (χ2v) is 14.1. The molecule has 12 heteroatoms. The average molecular weight is 678 g/mol. The first-order valence-corrected chi connectivity index (χ1v) is 17.5. The van der Waals surface area contributed by atoms with E-state index >= 15 is 0 Å². The summed E-state index contributed by atoms with van der Waals surface area (Å²) >= 11 is 0. The van der Waals surface area contributed by atoms with Crippen molar-refractivity contribution in [1.29, 1.82) is 0 Å². The lowest BCUT2D eigenvalue weighted by molar-refractivity contribution is -0.142. The van der Waals surface area contributed by atoms with E-state index in [9.17, 15) is 38.4 Å². The molecule has 0 bridgehead atoms. The fraction of sp³-hybridized carbons (Fsp3) is 0.778. The Labute approximate surface area is 286 Å². The molecule has 0 radical (unpaired) electrons. The van der Waals surface area contributed by atoms with Crippen LogP contribution in [0.4, 0.5) is 0 Å². The van der Waals surface area contributed by atoms with Crippen molar-refractivity contribution in [3.05, 3.63) is 0 Å². The Bertz CT molecular complexity index is 1150. The fourth-order valence-electron chi connectivity index (χ4n) is 6.06. The smallest absolute Gasteiger partial charge is 0.249 e. The van der Waals surface area contributed by atoms with Crippen LogP contribution in [0.5, 0.6) is 0 Å². The number of hydrogen-bond acceptors (Lipinski definition) is 9. The Morgan fingerprint density at radius 1 is 0.833 bits per heavy atom. The summed E-state index contributed by atoms with van der Waals surface area (Å²) in [5.74, 6) is -3.25. The third-order valence-corrected chi connectivity index (χ3v) is 9.03. The topological polar surface area (TPSA) is 173 Å². The zero-order chi connectivity index (χ0) is 36.6. The van der Waals surface area contributed by atoms with Crippen LogP contribution in [0.2, 0.25) is 0 Å². The average Bonchev–Trinajstić information content (AvgIpc) is 3.50. The Balaban J connectivity index is 2.80. The predicted octanol–water partition coefficient (Wildman–Crippen LogP) is 3.41. The van der Waals surface area contributed by atoms with E-state index in [4.69, 9.17) is 4.74 Å². The van der Waals surface area contributed by atoms with Gasteiger partial charge < -0.3 is 20.3 Å². The molecule has 1 fully saturated rings. The molecule has 0 aromatic carbocycles. The lowest BCUT2D eigenvalue weighted by Gasteiger charge is -2.26. The minimum Gasteiger partial charge on any atom is -0.364 e. The van der Waals surface area contributed by atoms with Gasteiger partial charge in [0.15, 0.2) is 17.3 Å². The van der Waals surface area contributed by atoms with Crippen molar-refractivity contribution in [2.75, 3.05) is 26.3 Å². The molecular formula is C36H59N3O9. The number of hydrogen-bond donors (Lipinski definition) is 2. The minimum absolute atomic E-state index is 0.0457. The zero-order valence-corrected chi connectivity index (χ0v) is 30.4. The van der Waals surface area contributed by atoms with Crippen molar-refractivity contribution in [2.45, 2.75) is 125 Å². The van der Waals surface area contributed by atoms with Crippen LogP contribution in [0.25, 0.3) is 0 Å². The first kappa shape index (κ1) is 42.7. The van der Waals surface area contributed by atoms with Gasteiger partial charge in [-0.2, -0.15) is 0 Å². The Morgan fingerprint density at radius 2 is 1.50 bits per heavy atom. The van der Waals surface area contributed by atoms with Gasteiger partial charge in [0.25, 0.3) is 0 Å². The van der Waals surface area contributed by atoms with Crippen LogP contribution in [0.1, 0.15) is 113 Å². The largest absolute Gasteiger partial charge is 0.364 e. The van der Waals surface area contributed by atoms with Crippen LogP contribution in [-0.4, -0.2) is 89.9 Å². The first-order chi connectivity index (χ1) is 22.5. The molecule has 1 rings (SSSR count). The summed E-state index contributed by atoms with van der Waals surface area (Å²) in [6.45, 7) is 14.1. The van der Waals surface area contributed by atoms with E-state index in [0.29, 0.717) is 38.6 Å². The van der Waals surface area contributed by atoms with Crippen LogP contribution in [-0.2, 0) is 43.1 Å². The summed E-state index contributed by atoms with van der Waals surface area (Å²) in [4.78, 5) is 102. The van der Waals surface area contributed by atoms with E-state index in [2.05, 4.69) is 10.6 Å². The van der Waals surface area contributed by atoms with Gasteiger partial charge >= 0.3 is 0 Å². The summed E-state index contributed by atoms with van der Waals surface area (Å²) in [6.07, 6.45) is 2.43. The van der Waals surface area contributed by atoms with Gasteiger partial charge in [-0.15, -0.1) is 0 Å². The highest BCUT2D eigenvalue weighted by Gasteiger charge is 2.35. The van der Waals surface area contributed by atoms with Crippen LogP contribution >= 0.6 is 0 Å².